The van der Waals surface area contributed by atoms with Gasteiger partial charge >= 0.3 is 0 Å². The van der Waals surface area contributed by atoms with Crippen molar-refractivity contribution in [1.82, 2.24) is 9.80 Å². The zero-order valence-corrected chi connectivity index (χ0v) is 12.1. The summed E-state index contributed by atoms with van der Waals surface area (Å²) in [4.78, 5) is 16.8. The Labute approximate surface area is 113 Å². The van der Waals surface area contributed by atoms with Crippen molar-refractivity contribution < 1.29 is 9.90 Å². The predicted octanol–water partition coefficient (Wildman–Crippen LogP) is 1.41. The van der Waals surface area contributed by atoms with Crippen LogP contribution < -0.4 is 0 Å². The third-order valence-corrected chi connectivity index (χ3v) is 3.59. The van der Waals surface area contributed by atoms with E-state index in [1.165, 1.54) is 4.88 Å². The Balaban J connectivity index is 2.30. The van der Waals surface area contributed by atoms with Crippen molar-refractivity contribution in [1.29, 1.82) is 0 Å². The second-order valence-corrected chi connectivity index (χ2v) is 5.74. The standard InChI is InChI=1S/C13H22N2O2S/c1-11(16)6-7-14(2)10-13(17)15(3)9-12-5-4-8-18-12/h4-5,8,11,16H,6-7,9-10H2,1-3H3. The highest BCUT2D eigenvalue weighted by atomic mass is 32.1. The van der Waals surface area contributed by atoms with Gasteiger partial charge in [-0.05, 0) is 31.8 Å². The van der Waals surface area contributed by atoms with Crippen molar-refractivity contribution in [3.05, 3.63) is 22.4 Å². The van der Waals surface area contributed by atoms with Gasteiger partial charge in [-0.15, -0.1) is 11.3 Å². The van der Waals surface area contributed by atoms with E-state index >= 15 is 0 Å². The molecule has 0 aromatic carbocycles. The SMILES string of the molecule is CC(O)CCN(C)CC(=O)N(C)Cc1cccs1. The molecule has 0 bridgehead atoms. The first-order valence-electron chi connectivity index (χ1n) is 6.12. The number of rotatable bonds is 7. The molecule has 1 heterocycles. The minimum absolute atomic E-state index is 0.108. The summed E-state index contributed by atoms with van der Waals surface area (Å²) >= 11 is 1.66. The van der Waals surface area contributed by atoms with Crippen LogP contribution in [-0.4, -0.2) is 54.1 Å². The number of likely N-dealkylation sites (N-methyl/N-ethyl adjacent to an activating group) is 2. The van der Waals surface area contributed by atoms with Gasteiger partial charge in [-0.3, -0.25) is 9.69 Å². The lowest BCUT2D eigenvalue weighted by Gasteiger charge is -2.21. The van der Waals surface area contributed by atoms with Crippen molar-refractivity contribution in [2.45, 2.75) is 26.0 Å². The molecule has 5 heteroatoms. The van der Waals surface area contributed by atoms with Gasteiger partial charge < -0.3 is 10.0 Å². The third-order valence-electron chi connectivity index (χ3n) is 2.73. The maximum absolute atomic E-state index is 12.0. The van der Waals surface area contributed by atoms with E-state index in [0.29, 0.717) is 19.5 Å². The van der Waals surface area contributed by atoms with Gasteiger partial charge in [0.25, 0.3) is 0 Å². The van der Waals surface area contributed by atoms with Crippen molar-refractivity contribution >= 4 is 17.2 Å². The first kappa shape index (κ1) is 15.1. The molecule has 0 fully saturated rings. The van der Waals surface area contributed by atoms with Crippen LogP contribution in [-0.2, 0) is 11.3 Å². The Morgan fingerprint density at radius 3 is 2.78 bits per heavy atom. The third kappa shape index (κ3) is 5.62. The number of aliphatic hydroxyl groups excluding tert-OH is 1. The smallest absolute Gasteiger partial charge is 0.236 e. The Hall–Kier alpha value is -0.910. The molecule has 1 atom stereocenters. The Bertz CT molecular complexity index is 352. The van der Waals surface area contributed by atoms with Crippen LogP contribution in [0.2, 0.25) is 0 Å². The maximum atomic E-state index is 12.0. The van der Waals surface area contributed by atoms with Crippen LogP contribution >= 0.6 is 11.3 Å². The maximum Gasteiger partial charge on any atom is 0.236 e. The molecular formula is C13H22N2O2S. The normalized spacial score (nSPS) is 12.7. The first-order valence-corrected chi connectivity index (χ1v) is 7.00. The summed E-state index contributed by atoms with van der Waals surface area (Å²) in [6, 6.07) is 4.03. The Morgan fingerprint density at radius 1 is 1.50 bits per heavy atom. The van der Waals surface area contributed by atoms with Crippen molar-refractivity contribution in [2.75, 3.05) is 27.2 Å². The van der Waals surface area contributed by atoms with Gasteiger partial charge in [0, 0.05) is 18.5 Å². The fourth-order valence-electron chi connectivity index (χ4n) is 1.56. The number of amides is 1. The molecule has 0 aliphatic rings. The van der Waals surface area contributed by atoms with Crippen LogP contribution in [0.25, 0.3) is 0 Å². The fourth-order valence-corrected chi connectivity index (χ4v) is 2.32. The van der Waals surface area contributed by atoms with Gasteiger partial charge in [0.05, 0.1) is 19.2 Å². The summed E-state index contributed by atoms with van der Waals surface area (Å²) in [6.45, 7) is 3.56. The van der Waals surface area contributed by atoms with E-state index in [-0.39, 0.29) is 12.0 Å². The van der Waals surface area contributed by atoms with E-state index in [9.17, 15) is 9.90 Å². The van der Waals surface area contributed by atoms with Crippen LogP contribution in [0, 0.1) is 0 Å². The average Bonchev–Trinajstić information content (AvgIpc) is 2.79. The van der Waals surface area contributed by atoms with E-state index in [1.54, 1.807) is 23.2 Å². The topological polar surface area (TPSA) is 43.8 Å². The van der Waals surface area contributed by atoms with E-state index in [0.717, 1.165) is 6.54 Å². The molecule has 0 aliphatic carbocycles. The fraction of sp³-hybridized carbons (Fsp3) is 0.615. The highest BCUT2D eigenvalue weighted by molar-refractivity contribution is 7.09. The molecule has 1 aromatic heterocycles. The molecule has 18 heavy (non-hydrogen) atoms. The molecular weight excluding hydrogens is 248 g/mol. The van der Waals surface area contributed by atoms with Gasteiger partial charge in [-0.25, -0.2) is 0 Å². The van der Waals surface area contributed by atoms with E-state index < -0.39 is 0 Å². The van der Waals surface area contributed by atoms with Crippen LogP contribution in [0.4, 0.5) is 0 Å². The number of carbonyl (C=O) groups excluding carboxylic acids is 1. The zero-order valence-electron chi connectivity index (χ0n) is 11.3. The quantitative estimate of drug-likeness (QED) is 0.814. The number of carbonyl (C=O) groups is 1. The van der Waals surface area contributed by atoms with Crippen LogP contribution in [0.5, 0.6) is 0 Å². The number of thiophene rings is 1. The second-order valence-electron chi connectivity index (χ2n) is 4.70. The molecule has 4 nitrogen and oxygen atoms in total. The summed E-state index contributed by atoms with van der Waals surface area (Å²) in [5, 5.41) is 11.2. The molecule has 0 radical (unpaired) electrons. The van der Waals surface area contributed by atoms with Gasteiger partial charge in [0.1, 0.15) is 0 Å². The van der Waals surface area contributed by atoms with Crippen LogP contribution in [0.1, 0.15) is 18.2 Å². The lowest BCUT2D eigenvalue weighted by atomic mass is 10.3. The lowest BCUT2D eigenvalue weighted by molar-refractivity contribution is -0.131. The van der Waals surface area contributed by atoms with Crippen LogP contribution in [0.15, 0.2) is 17.5 Å². The first-order chi connectivity index (χ1) is 8.49. The molecule has 0 aliphatic heterocycles. The summed E-state index contributed by atoms with van der Waals surface area (Å²) in [6.07, 6.45) is 0.379. The number of nitrogens with zero attached hydrogens (tertiary/aromatic N) is 2. The second kappa shape index (κ2) is 7.51. The minimum atomic E-state index is -0.314. The summed E-state index contributed by atoms with van der Waals surface area (Å²) in [5.74, 6) is 0.108. The van der Waals surface area contributed by atoms with Crippen LogP contribution in [0.3, 0.4) is 0 Å². The zero-order chi connectivity index (χ0) is 13.5. The molecule has 1 rings (SSSR count). The van der Waals surface area contributed by atoms with E-state index in [1.807, 2.05) is 36.5 Å². The van der Waals surface area contributed by atoms with Crippen molar-refractivity contribution in [3.63, 3.8) is 0 Å². The number of hydrogen-bond acceptors (Lipinski definition) is 4. The van der Waals surface area contributed by atoms with Gasteiger partial charge in [0.15, 0.2) is 0 Å². The number of aliphatic hydroxyl groups is 1. The van der Waals surface area contributed by atoms with Gasteiger partial charge in [-0.1, -0.05) is 6.07 Å². The molecule has 102 valence electrons. The van der Waals surface area contributed by atoms with Gasteiger partial charge in [-0.2, -0.15) is 0 Å². The summed E-state index contributed by atoms with van der Waals surface area (Å²) in [5.41, 5.74) is 0. The lowest BCUT2D eigenvalue weighted by Crippen LogP contribution is -2.37. The summed E-state index contributed by atoms with van der Waals surface area (Å²) in [7, 11) is 3.73. The number of hydrogen-bond donors (Lipinski definition) is 1. The molecule has 0 spiro atoms. The Kier molecular flexibility index (Phi) is 6.32. The molecule has 1 amide bonds. The Morgan fingerprint density at radius 2 is 2.22 bits per heavy atom. The van der Waals surface area contributed by atoms with E-state index in [4.69, 9.17) is 0 Å². The predicted molar refractivity (Wildman–Crippen MR) is 74.6 cm³/mol. The highest BCUT2D eigenvalue weighted by Crippen LogP contribution is 2.10. The largest absolute Gasteiger partial charge is 0.393 e. The molecule has 0 saturated heterocycles. The molecule has 1 N–H and O–H groups in total. The van der Waals surface area contributed by atoms with Gasteiger partial charge in [0.2, 0.25) is 5.91 Å². The molecule has 1 unspecified atom stereocenters. The average molecular weight is 270 g/mol. The monoisotopic (exact) mass is 270 g/mol. The van der Waals surface area contributed by atoms with Crippen molar-refractivity contribution in [3.8, 4) is 0 Å². The van der Waals surface area contributed by atoms with Crippen molar-refractivity contribution in [2.24, 2.45) is 0 Å². The van der Waals surface area contributed by atoms with E-state index in [2.05, 4.69) is 0 Å². The minimum Gasteiger partial charge on any atom is -0.393 e. The highest BCUT2D eigenvalue weighted by Gasteiger charge is 2.12. The molecule has 0 saturated carbocycles. The molecule has 1 aromatic rings. The summed E-state index contributed by atoms with van der Waals surface area (Å²) < 4.78 is 0.